The molecule has 1 heterocycles. The van der Waals surface area contributed by atoms with Gasteiger partial charge in [0.05, 0.1) is 25.4 Å². The minimum atomic E-state index is -0.340. The lowest BCUT2D eigenvalue weighted by molar-refractivity contribution is -0.122. The summed E-state index contributed by atoms with van der Waals surface area (Å²) in [7, 11) is 1.57. The Morgan fingerprint density at radius 1 is 1.03 bits per heavy atom. The Morgan fingerprint density at radius 3 is 2.37 bits per heavy atom. The van der Waals surface area contributed by atoms with Crippen LogP contribution in [0, 0.1) is 5.82 Å². The van der Waals surface area contributed by atoms with E-state index in [9.17, 15) is 14.0 Å². The molecule has 1 fully saturated rings. The van der Waals surface area contributed by atoms with Crippen LogP contribution in [-0.4, -0.2) is 67.5 Å². The van der Waals surface area contributed by atoms with Crippen molar-refractivity contribution < 1.29 is 18.7 Å². The predicted octanol–water partition coefficient (Wildman–Crippen LogP) is 2.42. The molecule has 160 valence electrons. The summed E-state index contributed by atoms with van der Waals surface area (Å²) in [5, 5.41) is 5.69. The number of hydrogen-bond acceptors (Lipinski definition) is 5. The molecule has 30 heavy (non-hydrogen) atoms. The Bertz CT molecular complexity index is 867. The molecule has 0 saturated carbocycles. The average Bonchev–Trinajstić information content (AvgIpc) is 2.75. The van der Waals surface area contributed by atoms with Crippen LogP contribution in [0.2, 0.25) is 0 Å². The minimum absolute atomic E-state index is 0.0954. The minimum Gasteiger partial charge on any atom is -0.495 e. The van der Waals surface area contributed by atoms with Crippen molar-refractivity contribution in [3.8, 4) is 5.75 Å². The summed E-state index contributed by atoms with van der Waals surface area (Å²) < 4.78 is 18.2. The largest absolute Gasteiger partial charge is 0.495 e. The van der Waals surface area contributed by atoms with Crippen molar-refractivity contribution in [2.24, 2.45) is 0 Å². The van der Waals surface area contributed by atoms with E-state index in [0.717, 1.165) is 0 Å². The Morgan fingerprint density at radius 2 is 1.70 bits per heavy atom. The number of piperazine rings is 1. The summed E-state index contributed by atoms with van der Waals surface area (Å²) in [6, 6.07) is 12.7. The number of carbonyl (C=O) groups excluding carboxylic acids is 2. The normalized spacial score (nSPS) is 16.0. The fourth-order valence-electron chi connectivity index (χ4n) is 3.40. The number of ether oxygens (including phenoxy) is 1. The molecular formula is C22H27FN4O3. The molecule has 2 aromatic rings. The molecule has 8 heteroatoms. The van der Waals surface area contributed by atoms with Crippen molar-refractivity contribution in [2.45, 2.75) is 13.0 Å². The van der Waals surface area contributed by atoms with Gasteiger partial charge < -0.3 is 15.4 Å². The Kier molecular flexibility index (Phi) is 7.37. The van der Waals surface area contributed by atoms with Crippen LogP contribution in [0.4, 0.5) is 15.8 Å². The van der Waals surface area contributed by atoms with E-state index in [0.29, 0.717) is 43.3 Å². The zero-order valence-corrected chi connectivity index (χ0v) is 17.2. The molecule has 0 unspecified atom stereocenters. The maximum Gasteiger partial charge on any atom is 0.241 e. The summed E-state index contributed by atoms with van der Waals surface area (Å²) in [4.78, 5) is 29.0. The molecule has 0 spiro atoms. The maximum absolute atomic E-state index is 13.0. The SMILES string of the molecule is COc1ccccc1NC(=O)[C@H](C)N1CCN(CC(=O)Nc2ccc(F)cc2)CC1. The summed E-state index contributed by atoms with van der Waals surface area (Å²) in [6.45, 7) is 4.87. The number of nitrogens with zero attached hydrogens (tertiary/aromatic N) is 2. The second-order valence-corrected chi connectivity index (χ2v) is 7.23. The molecule has 1 saturated heterocycles. The average molecular weight is 414 g/mol. The highest BCUT2D eigenvalue weighted by molar-refractivity contribution is 5.96. The van der Waals surface area contributed by atoms with E-state index in [1.165, 1.54) is 24.3 Å². The summed E-state index contributed by atoms with van der Waals surface area (Å²) >= 11 is 0. The third-order valence-corrected chi connectivity index (χ3v) is 5.19. The molecule has 0 aliphatic carbocycles. The van der Waals surface area contributed by atoms with Crippen LogP contribution >= 0.6 is 0 Å². The second-order valence-electron chi connectivity index (χ2n) is 7.23. The molecule has 2 N–H and O–H groups in total. The zero-order chi connectivity index (χ0) is 21.5. The lowest BCUT2D eigenvalue weighted by Gasteiger charge is -2.37. The number of para-hydroxylation sites is 2. The van der Waals surface area contributed by atoms with E-state index in [-0.39, 0.29) is 30.2 Å². The van der Waals surface area contributed by atoms with Crippen LogP contribution in [0.15, 0.2) is 48.5 Å². The second kappa shape index (κ2) is 10.2. The molecule has 1 aliphatic rings. The van der Waals surface area contributed by atoms with Gasteiger partial charge in [-0.25, -0.2) is 4.39 Å². The van der Waals surface area contributed by atoms with Gasteiger partial charge in [-0.15, -0.1) is 0 Å². The summed E-state index contributed by atoms with van der Waals surface area (Å²) in [5.74, 6) is 0.0436. The number of halogens is 1. The molecule has 1 aliphatic heterocycles. The first-order chi connectivity index (χ1) is 14.5. The first-order valence-corrected chi connectivity index (χ1v) is 9.92. The third-order valence-electron chi connectivity index (χ3n) is 5.19. The topological polar surface area (TPSA) is 73.9 Å². The predicted molar refractivity (Wildman–Crippen MR) is 114 cm³/mol. The highest BCUT2D eigenvalue weighted by Crippen LogP contribution is 2.23. The van der Waals surface area contributed by atoms with Crippen molar-refractivity contribution in [3.05, 3.63) is 54.3 Å². The molecular weight excluding hydrogens is 387 g/mol. The summed E-state index contributed by atoms with van der Waals surface area (Å²) in [5.41, 5.74) is 1.22. The van der Waals surface area contributed by atoms with Gasteiger partial charge in [-0.1, -0.05) is 12.1 Å². The number of hydrogen-bond donors (Lipinski definition) is 2. The van der Waals surface area contributed by atoms with Crippen molar-refractivity contribution in [1.82, 2.24) is 9.80 Å². The zero-order valence-electron chi connectivity index (χ0n) is 17.2. The van der Waals surface area contributed by atoms with Crippen molar-refractivity contribution >= 4 is 23.2 Å². The lowest BCUT2D eigenvalue weighted by atomic mass is 10.2. The maximum atomic E-state index is 13.0. The van der Waals surface area contributed by atoms with Gasteiger partial charge >= 0.3 is 0 Å². The standard InChI is InChI=1S/C22H27FN4O3/c1-16(22(29)25-19-5-3-4-6-20(19)30-2)27-13-11-26(12-14-27)15-21(28)24-18-9-7-17(23)8-10-18/h3-10,16H,11-15H2,1-2H3,(H,24,28)(H,25,29)/t16-/m0/s1. The number of carbonyl (C=O) groups is 2. The monoisotopic (exact) mass is 414 g/mol. The van der Waals surface area contributed by atoms with Crippen molar-refractivity contribution in [2.75, 3.05) is 50.5 Å². The smallest absolute Gasteiger partial charge is 0.241 e. The number of benzene rings is 2. The van der Waals surface area contributed by atoms with Crippen molar-refractivity contribution in [1.29, 1.82) is 0 Å². The Labute approximate surface area is 175 Å². The van der Waals surface area contributed by atoms with Gasteiger partial charge in [0.15, 0.2) is 0 Å². The van der Waals surface area contributed by atoms with Gasteiger partial charge in [-0.3, -0.25) is 19.4 Å². The number of anilines is 2. The molecule has 7 nitrogen and oxygen atoms in total. The Balaban J connectivity index is 1.45. The number of amides is 2. The third kappa shape index (κ3) is 5.77. The first-order valence-electron chi connectivity index (χ1n) is 9.92. The number of nitrogens with one attached hydrogen (secondary N) is 2. The number of rotatable bonds is 7. The van der Waals surface area contributed by atoms with Crippen molar-refractivity contribution in [3.63, 3.8) is 0 Å². The van der Waals surface area contributed by atoms with Crippen LogP contribution in [0.3, 0.4) is 0 Å². The number of methoxy groups -OCH3 is 1. The molecule has 0 radical (unpaired) electrons. The van der Waals surface area contributed by atoms with Crippen LogP contribution in [-0.2, 0) is 9.59 Å². The van der Waals surface area contributed by atoms with Gasteiger partial charge in [-0.2, -0.15) is 0 Å². The van der Waals surface area contributed by atoms with Gasteiger partial charge in [-0.05, 0) is 43.3 Å². The van der Waals surface area contributed by atoms with Gasteiger partial charge in [0.25, 0.3) is 0 Å². The molecule has 1 atom stereocenters. The van der Waals surface area contributed by atoms with E-state index in [4.69, 9.17) is 4.74 Å². The van der Waals surface area contributed by atoms with E-state index < -0.39 is 0 Å². The lowest BCUT2D eigenvalue weighted by Crippen LogP contribution is -2.53. The quantitative estimate of drug-likeness (QED) is 0.728. The Hall–Kier alpha value is -2.97. The molecule has 2 aromatic carbocycles. The van der Waals surface area contributed by atoms with Gasteiger partial charge in [0, 0.05) is 31.9 Å². The van der Waals surface area contributed by atoms with E-state index >= 15 is 0 Å². The van der Waals surface area contributed by atoms with Gasteiger partial charge in [0.1, 0.15) is 11.6 Å². The van der Waals surface area contributed by atoms with Crippen LogP contribution in [0.1, 0.15) is 6.92 Å². The molecule has 0 bridgehead atoms. The summed E-state index contributed by atoms with van der Waals surface area (Å²) in [6.07, 6.45) is 0. The van der Waals surface area contributed by atoms with Crippen LogP contribution < -0.4 is 15.4 Å². The van der Waals surface area contributed by atoms with E-state index in [1.807, 2.05) is 24.0 Å². The molecule has 0 aromatic heterocycles. The van der Waals surface area contributed by atoms with E-state index in [1.54, 1.807) is 19.2 Å². The molecule has 3 rings (SSSR count). The molecule has 2 amide bonds. The first kappa shape index (κ1) is 21.7. The fraction of sp³-hybridized carbons (Fsp3) is 0.364. The highest BCUT2D eigenvalue weighted by atomic mass is 19.1. The highest BCUT2D eigenvalue weighted by Gasteiger charge is 2.26. The van der Waals surface area contributed by atoms with E-state index in [2.05, 4.69) is 15.5 Å². The van der Waals surface area contributed by atoms with Crippen LogP contribution in [0.25, 0.3) is 0 Å². The van der Waals surface area contributed by atoms with Gasteiger partial charge in [0.2, 0.25) is 11.8 Å². The fourth-order valence-corrected chi connectivity index (χ4v) is 3.40. The van der Waals surface area contributed by atoms with Crippen LogP contribution in [0.5, 0.6) is 5.75 Å².